The van der Waals surface area contributed by atoms with Crippen molar-refractivity contribution in [2.45, 2.75) is 12.8 Å². The molecule has 1 rings (SSSR count). The highest BCUT2D eigenvalue weighted by molar-refractivity contribution is 5.94. The maximum absolute atomic E-state index is 11.6. The van der Waals surface area contributed by atoms with Gasteiger partial charge in [0.1, 0.15) is 0 Å². The molecule has 0 atom stereocenters. The van der Waals surface area contributed by atoms with Crippen molar-refractivity contribution in [2.75, 3.05) is 26.9 Å². The van der Waals surface area contributed by atoms with Crippen LogP contribution >= 0.6 is 0 Å². The second-order valence-electron chi connectivity index (χ2n) is 3.39. The number of carbonyl (C=O) groups excluding carboxylic acids is 1. The maximum Gasteiger partial charge on any atom is 0.163 e. The molecule has 0 aromatic rings. The van der Waals surface area contributed by atoms with Crippen LogP contribution in [0.4, 0.5) is 0 Å². The molecule has 0 aromatic heterocycles. The smallest absolute Gasteiger partial charge is 0.163 e. The predicted molar refractivity (Wildman–Crippen MR) is 49.6 cm³/mol. The fraction of sp³-hybridized carbons (Fsp3) is 0.700. The average Bonchev–Trinajstić information content (AvgIpc) is 2.18. The summed E-state index contributed by atoms with van der Waals surface area (Å²) in [4.78, 5) is 11.6. The number of carbonyl (C=O) groups is 1. The molecule has 0 N–H and O–H groups in total. The average molecular weight is 184 g/mol. The highest BCUT2D eigenvalue weighted by atomic mass is 16.5. The molecule has 1 heterocycles. The number of allylic oxidation sites excluding steroid dienone is 1. The zero-order valence-corrected chi connectivity index (χ0v) is 8.04. The van der Waals surface area contributed by atoms with E-state index in [4.69, 9.17) is 9.47 Å². The first kappa shape index (κ1) is 10.4. The molecular weight excluding hydrogens is 168 g/mol. The van der Waals surface area contributed by atoms with Crippen molar-refractivity contribution in [1.29, 1.82) is 0 Å². The lowest BCUT2D eigenvalue weighted by atomic mass is 9.77. The van der Waals surface area contributed by atoms with E-state index in [0.29, 0.717) is 19.8 Å². The van der Waals surface area contributed by atoms with Gasteiger partial charge in [0, 0.05) is 20.3 Å². The van der Waals surface area contributed by atoms with Crippen LogP contribution < -0.4 is 0 Å². The van der Waals surface area contributed by atoms with E-state index in [1.54, 1.807) is 7.11 Å². The summed E-state index contributed by atoms with van der Waals surface area (Å²) < 4.78 is 10.3. The monoisotopic (exact) mass is 184 g/mol. The van der Waals surface area contributed by atoms with Crippen LogP contribution in [0.15, 0.2) is 12.7 Å². The van der Waals surface area contributed by atoms with Crippen LogP contribution in [0.5, 0.6) is 0 Å². The van der Waals surface area contributed by atoms with E-state index in [0.717, 1.165) is 12.8 Å². The van der Waals surface area contributed by atoms with Gasteiger partial charge in [-0.25, -0.2) is 0 Å². The Bertz CT molecular complexity index is 187. The summed E-state index contributed by atoms with van der Waals surface area (Å²) >= 11 is 0. The van der Waals surface area contributed by atoms with E-state index in [2.05, 4.69) is 6.58 Å². The first-order valence-electron chi connectivity index (χ1n) is 4.49. The number of methoxy groups -OCH3 is 1. The summed E-state index contributed by atoms with van der Waals surface area (Å²) in [5.41, 5.74) is -0.366. The molecule has 1 aliphatic heterocycles. The number of hydrogen-bond donors (Lipinski definition) is 0. The van der Waals surface area contributed by atoms with Gasteiger partial charge in [0.05, 0.1) is 12.0 Å². The van der Waals surface area contributed by atoms with E-state index >= 15 is 0 Å². The summed E-state index contributed by atoms with van der Waals surface area (Å²) in [5, 5.41) is 0. The van der Waals surface area contributed by atoms with Crippen LogP contribution in [0.3, 0.4) is 0 Å². The zero-order valence-electron chi connectivity index (χ0n) is 8.04. The van der Waals surface area contributed by atoms with E-state index in [1.165, 1.54) is 6.08 Å². The van der Waals surface area contributed by atoms with Crippen molar-refractivity contribution in [3.8, 4) is 0 Å². The largest absolute Gasteiger partial charge is 0.384 e. The minimum absolute atomic E-state index is 0.0812. The molecule has 1 saturated heterocycles. The molecule has 3 nitrogen and oxygen atoms in total. The summed E-state index contributed by atoms with van der Waals surface area (Å²) in [6, 6.07) is 0. The Hall–Kier alpha value is -0.670. The van der Waals surface area contributed by atoms with Gasteiger partial charge in [-0.2, -0.15) is 0 Å². The SMILES string of the molecule is C=CC(=O)C1(COC)CCOCC1. The topological polar surface area (TPSA) is 35.5 Å². The number of rotatable bonds is 4. The van der Waals surface area contributed by atoms with Crippen molar-refractivity contribution < 1.29 is 14.3 Å². The third kappa shape index (κ3) is 2.17. The van der Waals surface area contributed by atoms with Gasteiger partial charge in [0.25, 0.3) is 0 Å². The van der Waals surface area contributed by atoms with Gasteiger partial charge in [-0.1, -0.05) is 6.58 Å². The number of ketones is 1. The van der Waals surface area contributed by atoms with Crippen LogP contribution in [-0.4, -0.2) is 32.7 Å². The van der Waals surface area contributed by atoms with Crippen molar-refractivity contribution in [3.05, 3.63) is 12.7 Å². The molecule has 0 saturated carbocycles. The zero-order chi connectivity index (χ0) is 9.73. The molecule has 3 heteroatoms. The van der Waals surface area contributed by atoms with Crippen molar-refractivity contribution in [1.82, 2.24) is 0 Å². The van der Waals surface area contributed by atoms with Crippen LogP contribution in [0, 0.1) is 5.41 Å². The second-order valence-corrected chi connectivity index (χ2v) is 3.39. The molecule has 0 spiro atoms. The molecule has 0 bridgehead atoms. The van der Waals surface area contributed by atoms with Crippen LogP contribution in [0.2, 0.25) is 0 Å². The van der Waals surface area contributed by atoms with Crippen molar-refractivity contribution >= 4 is 5.78 Å². The lowest BCUT2D eigenvalue weighted by molar-refractivity contribution is -0.133. The number of ether oxygens (including phenoxy) is 2. The third-order valence-corrected chi connectivity index (χ3v) is 2.58. The van der Waals surface area contributed by atoms with Gasteiger partial charge >= 0.3 is 0 Å². The van der Waals surface area contributed by atoms with Gasteiger partial charge in [0.2, 0.25) is 0 Å². The Morgan fingerprint density at radius 3 is 2.69 bits per heavy atom. The third-order valence-electron chi connectivity index (χ3n) is 2.58. The lowest BCUT2D eigenvalue weighted by Crippen LogP contribution is -2.40. The van der Waals surface area contributed by atoms with Gasteiger partial charge < -0.3 is 9.47 Å². The van der Waals surface area contributed by atoms with E-state index < -0.39 is 0 Å². The minimum Gasteiger partial charge on any atom is -0.384 e. The fourth-order valence-corrected chi connectivity index (χ4v) is 1.72. The molecule has 74 valence electrons. The predicted octanol–water partition coefficient (Wildman–Crippen LogP) is 1.18. The van der Waals surface area contributed by atoms with Gasteiger partial charge in [-0.3, -0.25) is 4.79 Å². The summed E-state index contributed by atoms with van der Waals surface area (Å²) in [7, 11) is 1.62. The highest BCUT2D eigenvalue weighted by Gasteiger charge is 2.38. The van der Waals surface area contributed by atoms with Gasteiger partial charge in [0.15, 0.2) is 5.78 Å². The molecular formula is C10H16O3. The van der Waals surface area contributed by atoms with Crippen LogP contribution in [0.1, 0.15) is 12.8 Å². The molecule has 13 heavy (non-hydrogen) atoms. The van der Waals surface area contributed by atoms with E-state index in [-0.39, 0.29) is 11.2 Å². The Balaban J connectivity index is 2.71. The molecule has 1 aliphatic rings. The summed E-state index contributed by atoms with van der Waals surface area (Å²) in [6.07, 6.45) is 2.88. The first-order valence-corrected chi connectivity index (χ1v) is 4.49. The maximum atomic E-state index is 11.6. The Morgan fingerprint density at radius 2 is 2.23 bits per heavy atom. The Kier molecular flexibility index (Phi) is 3.63. The Morgan fingerprint density at radius 1 is 1.62 bits per heavy atom. The second kappa shape index (κ2) is 4.53. The molecule has 0 amide bonds. The standard InChI is InChI=1S/C10H16O3/c1-3-9(11)10(8-12-2)4-6-13-7-5-10/h3H,1,4-8H2,2H3. The summed E-state index contributed by atoms with van der Waals surface area (Å²) in [6.45, 7) is 5.27. The number of hydrogen-bond acceptors (Lipinski definition) is 3. The van der Waals surface area contributed by atoms with E-state index in [1.807, 2.05) is 0 Å². The molecule has 1 fully saturated rings. The van der Waals surface area contributed by atoms with Crippen molar-refractivity contribution in [3.63, 3.8) is 0 Å². The minimum atomic E-state index is -0.366. The van der Waals surface area contributed by atoms with Gasteiger partial charge in [-0.15, -0.1) is 0 Å². The molecule has 0 radical (unpaired) electrons. The molecule has 0 unspecified atom stereocenters. The van der Waals surface area contributed by atoms with Crippen LogP contribution in [0.25, 0.3) is 0 Å². The first-order chi connectivity index (χ1) is 6.25. The van der Waals surface area contributed by atoms with Crippen LogP contribution in [-0.2, 0) is 14.3 Å². The van der Waals surface area contributed by atoms with E-state index in [9.17, 15) is 4.79 Å². The fourth-order valence-electron chi connectivity index (χ4n) is 1.72. The van der Waals surface area contributed by atoms with Crippen molar-refractivity contribution in [2.24, 2.45) is 5.41 Å². The Labute approximate surface area is 78.7 Å². The molecule has 0 aromatic carbocycles. The van der Waals surface area contributed by atoms with Gasteiger partial charge in [-0.05, 0) is 18.9 Å². The lowest BCUT2D eigenvalue weighted by Gasteiger charge is -2.33. The summed E-state index contributed by atoms with van der Waals surface area (Å²) in [5.74, 6) is 0.0812. The normalized spacial score (nSPS) is 21.0. The quantitative estimate of drug-likeness (QED) is 0.615. The molecule has 0 aliphatic carbocycles. The highest BCUT2D eigenvalue weighted by Crippen LogP contribution is 2.32.